The first-order valence-electron chi connectivity index (χ1n) is 8.34. The molecule has 0 aliphatic rings. The highest BCUT2D eigenvalue weighted by atomic mass is 16.5. The lowest BCUT2D eigenvalue weighted by Gasteiger charge is -2.08. The third kappa shape index (κ3) is 4.03. The quantitative estimate of drug-likeness (QED) is 0.419. The van der Waals surface area contributed by atoms with Crippen molar-refractivity contribution in [3.63, 3.8) is 0 Å². The summed E-state index contributed by atoms with van der Waals surface area (Å²) in [7, 11) is 1.38. The van der Waals surface area contributed by atoms with E-state index in [1.54, 1.807) is 12.1 Å². The van der Waals surface area contributed by atoms with Gasteiger partial charge in [0.25, 0.3) is 0 Å². The number of hydrogen-bond donors (Lipinski definition) is 0. The maximum atomic E-state index is 11.6. The second-order valence-electron chi connectivity index (χ2n) is 6.13. The number of hydrogen-bond acceptors (Lipinski definition) is 4. The average molecular weight is 344 g/mol. The van der Waals surface area contributed by atoms with Crippen LogP contribution < -0.4 is 0 Å². The molecule has 3 aromatic rings. The second-order valence-corrected chi connectivity index (χ2v) is 6.13. The lowest BCUT2D eigenvalue weighted by atomic mass is 10.0. The van der Waals surface area contributed by atoms with E-state index in [4.69, 9.17) is 4.74 Å². The number of methoxy groups -OCH3 is 1. The van der Waals surface area contributed by atoms with Crippen LogP contribution in [0.2, 0.25) is 0 Å². The van der Waals surface area contributed by atoms with Crippen LogP contribution >= 0.6 is 0 Å². The van der Waals surface area contributed by atoms with Gasteiger partial charge < -0.3 is 4.74 Å². The fourth-order valence-corrected chi connectivity index (χ4v) is 2.60. The summed E-state index contributed by atoms with van der Waals surface area (Å²) < 4.78 is 4.75. The number of nitrogens with zero attached hydrogens (tertiary/aromatic N) is 2. The van der Waals surface area contributed by atoms with E-state index in [1.165, 1.54) is 12.7 Å². The normalized spacial score (nSPS) is 10.9. The van der Waals surface area contributed by atoms with Crippen LogP contribution in [0.5, 0.6) is 0 Å². The van der Waals surface area contributed by atoms with Gasteiger partial charge in [-0.1, -0.05) is 41.5 Å². The predicted molar refractivity (Wildman–Crippen MR) is 103 cm³/mol. The zero-order valence-corrected chi connectivity index (χ0v) is 15.1. The van der Waals surface area contributed by atoms with Gasteiger partial charge in [-0.3, -0.25) is 0 Å². The molecule has 0 aliphatic carbocycles. The van der Waals surface area contributed by atoms with Crippen LogP contribution in [0.25, 0.3) is 11.1 Å². The molecule has 0 saturated carbocycles. The molecule has 4 nitrogen and oxygen atoms in total. The number of carbonyl (C=O) groups excluding carboxylic acids is 1. The SMILES string of the molecule is COC(=O)c1ccc(-c2cc(C)ccc2/N=N/c2ccc(C)cc2)cc1. The number of azo groups is 1. The Bertz CT molecular complexity index is 943. The van der Waals surface area contributed by atoms with E-state index in [9.17, 15) is 4.79 Å². The minimum Gasteiger partial charge on any atom is -0.465 e. The van der Waals surface area contributed by atoms with Gasteiger partial charge in [0.2, 0.25) is 0 Å². The summed E-state index contributed by atoms with van der Waals surface area (Å²) in [6, 6.07) is 21.2. The Hall–Kier alpha value is -3.27. The Kier molecular flexibility index (Phi) is 5.23. The Morgan fingerprint density at radius 3 is 2.12 bits per heavy atom. The van der Waals surface area contributed by atoms with Gasteiger partial charge in [-0.15, -0.1) is 5.11 Å². The topological polar surface area (TPSA) is 51.0 Å². The minimum atomic E-state index is -0.347. The molecule has 3 aromatic carbocycles. The smallest absolute Gasteiger partial charge is 0.337 e. The molecule has 0 spiro atoms. The molecule has 0 radical (unpaired) electrons. The number of carbonyl (C=O) groups is 1. The maximum Gasteiger partial charge on any atom is 0.337 e. The van der Waals surface area contributed by atoms with Crippen LogP contribution in [-0.4, -0.2) is 13.1 Å². The lowest BCUT2D eigenvalue weighted by molar-refractivity contribution is 0.0601. The van der Waals surface area contributed by atoms with Crippen LogP contribution in [0.4, 0.5) is 11.4 Å². The number of rotatable bonds is 4. The van der Waals surface area contributed by atoms with Crippen molar-refractivity contribution in [1.29, 1.82) is 0 Å². The highest BCUT2D eigenvalue weighted by Crippen LogP contribution is 2.32. The Labute approximate surface area is 153 Å². The molecule has 4 heteroatoms. The zero-order chi connectivity index (χ0) is 18.5. The molecule has 3 rings (SSSR count). The van der Waals surface area contributed by atoms with Gasteiger partial charge in [-0.2, -0.15) is 5.11 Å². The summed E-state index contributed by atoms with van der Waals surface area (Å²) in [6.45, 7) is 4.07. The molecule has 0 fully saturated rings. The van der Waals surface area contributed by atoms with Crippen LogP contribution in [0.3, 0.4) is 0 Å². The van der Waals surface area contributed by atoms with Crippen LogP contribution in [0, 0.1) is 13.8 Å². The lowest BCUT2D eigenvalue weighted by Crippen LogP contribution is -2.00. The molecule has 26 heavy (non-hydrogen) atoms. The largest absolute Gasteiger partial charge is 0.465 e. The first-order chi connectivity index (χ1) is 12.6. The summed E-state index contributed by atoms with van der Waals surface area (Å²) in [4.78, 5) is 11.6. The van der Waals surface area contributed by atoms with E-state index in [0.717, 1.165) is 28.1 Å². The van der Waals surface area contributed by atoms with E-state index < -0.39 is 0 Å². The molecule has 0 bridgehead atoms. The standard InChI is InChI=1S/C22H20N2O2/c1-15-4-11-19(12-5-15)23-24-21-13-6-16(2)14-20(21)17-7-9-18(10-8-17)22(25)26-3/h4-14H,1-3H3/b24-23+. The maximum absolute atomic E-state index is 11.6. The summed E-state index contributed by atoms with van der Waals surface area (Å²) in [5, 5.41) is 8.77. The molecule has 130 valence electrons. The van der Waals surface area contributed by atoms with Crippen LogP contribution in [-0.2, 0) is 4.74 Å². The molecular weight excluding hydrogens is 324 g/mol. The highest BCUT2D eigenvalue weighted by molar-refractivity contribution is 5.90. The van der Waals surface area contributed by atoms with E-state index >= 15 is 0 Å². The van der Waals surface area contributed by atoms with Crippen molar-refractivity contribution in [3.8, 4) is 11.1 Å². The fourth-order valence-electron chi connectivity index (χ4n) is 2.60. The van der Waals surface area contributed by atoms with E-state index in [1.807, 2.05) is 62.4 Å². The average Bonchev–Trinajstić information content (AvgIpc) is 2.67. The van der Waals surface area contributed by atoms with Crippen molar-refractivity contribution in [3.05, 3.63) is 83.4 Å². The molecular formula is C22H20N2O2. The molecule has 0 saturated heterocycles. The highest BCUT2D eigenvalue weighted by Gasteiger charge is 2.08. The fraction of sp³-hybridized carbons (Fsp3) is 0.136. The van der Waals surface area contributed by atoms with Gasteiger partial charge in [-0.05, 0) is 55.8 Å². The molecule has 0 atom stereocenters. The van der Waals surface area contributed by atoms with Crippen molar-refractivity contribution in [2.24, 2.45) is 10.2 Å². The van der Waals surface area contributed by atoms with Crippen LogP contribution in [0.1, 0.15) is 21.5 Å². The third-order valence-corrected chi connectivity index (χ3v) is 4.08. The van der Waals surface area contributed by atoms with E-state index in [-0.39, 0.29) is 5.97 Å². The van der Waals surface area contributed by atoms with E-state index in [0.29, 0.717) is 5.56 Å². The summed E-state index contributed by atoms with van der Waals surface area (Å²) in [5.41, 5.74) is 6.37. The van der Waals surface area contributed by atoms with Crippen molar-refractivity contribution < 1.29 is 9.53 Å². The number of benzene rings is 3. The van der Waals surface area contributed by atoms with Gasteiger partial charge >= 0.3 is 5.97 Å². The van der Waals surface area contributed by atoms with Gasteiger partial charge in [-0.25, -0.2) is 4.79 Å². The van der Waals surface area contributed by atoms with Gasteiger partial charge in [0.1, 0.15) is 0 Å². The summed E-state index contributed by atoms with van der Waals surface area (Å²) >= 11 is 0. The minimum absolute atomic E-state index is 0.347. The molecule has 0 unspecified atom stereocenters. The molecule has 0 N–H and O–H groups in total. The first kappa shape index (κ1) is 17.5. The Morgan fingerprint density at radius 1 is 0.808 bits per heavy atom. The Balaban J connectivity index is 1.95. The van der Waals surface area contributed by atoms with E-state index in [2.05, 4.69) is 16.3 Å². The van der Waals surface area contributed by atoms with Crippen molar-refractivity contribution >= 4 is 17.3 Å². The third-order valence-electron chi connectivity index (χ3n) is 4.08. The van der Waals surface area contributed by atoms with Gasteiger partial charge in [0.05, 0.1) is 24.0 Å². The molecule has 0 aromatic heterocycles. The number of esters is 1. The first-order valence-corrected chi connectivity index (χ1v) is 8.34. The predicted octanol–water partition coefficient (Wildman–Crippen LogP) is 6.17. The molecule has 0 amide bonds. The second kappa shape index (κ2) is 7.74. The number of aryl methyl sites for hydroxylation is 2. The number of ether oxygens (including phenoxy) is 1. The van der Waals surface area contributed by atoms with Crippen molar-refractivity contribution in [1.82, 2.24) is 0 Å². The van der Waals surface area contributed by atoms with Crippen molar-refractivity contribution in [2.45, 2.75) is 13.8 Å². The van der Waals surface area contributed by atoms with Gasteiger partial charge in [0.15, 0.2) is 0 Å². The van der Waals surface area contributed by atoms with Crippen molar-refractivity contribution in [2.75, 3.05) is 7.11 Å². The molecule has 0 aliphatic heterocycles. The van der Waals surface area contributed by atoms with Gasteiger partial charge in [0, 0.05) is 5.56 Å². The monoisotopic (exact) mass is 344 g/mol. The molecule has 0 heterocycles. The summed E-state index contributed by atoms with van der Waals surface area (Å²) in [5.74, 6) is -0.347. The summed E-state index contributed by atoms with van der Waals surface area (Å²) in [6.07, 6.45) is 0. The zero-order valence-electron chi connectivity index (χ0n) is 15.1. The Morgan fingerprint density at radius 2 is 1.46 bits per heavy atom. The van der Waals surface area contributed by atoms with Crippen LogP contribution in [0.15, 0.2) is 77.0 Å².